The maximum absolute atomic E-state index is 10.8. The third-order valence-electron chi connectivity index (χ3n) is 2.03. The lowest BCUT2D eigenvalue weighted by molar-refractivity contribution is 0.366. The molecule has 102 valence electrons. The van der Waals surface area contributed by atoms with Crippen LogP contribution in [-0.4, -0.2) is 29.8 Å². The lowest BCUT2D eigenvalue weighted by Crippen LogP contribution is -1.93. The maximum Gasteiger partial charge on any atom is 0.330 e. The Morgan fingerprint density at radius 1 is 0.778 bits per heavy atom. The highest BCUT2D eigenvalue weighted by Gasteiger charge is 2.22. The van der Waals surface area contributed by atoms with Crippen molar-refractivity contribution >= 4 is 15.2 Å². The first-order valence-electron chi connectivity index (χ1n) is 4.61. The largest absolute Gasteiger partial charge is 0.508 e. The molecule has 6 N–H and O–H groups in total. The molecule has 1 aromatic carbocycles. The molecule has 0 aliphatic heterocycles. The Bertz CT molecular complexity index is 493. The summed E-state index contributed by atoms with van der Waals surface area (Å²) in [5.74, 6) is -1.08. The molecule has 0 bridgehead atoms. The molecule has 0 heterocycles. The van der Waals surface area contributed by atoms with Crippen LogP contribution < -0.4 is 0 Å². The van der Waals surface area contributed by atoms with E-state index in [2.05, 4.69) is 0 Å². The molecule has 0 fully saturated rings. The Balaban J connectivity index is 3.12. The van der Waals surface area contributed by atoms with E-state index < -0.39 is 39.0 Å². The second-order valence-corrected chi connectivity index (χ2v) is 7.05. The van der Waals surface area contributed by atoms with Gasteiger partial charge in [0.05, 0.1) is 12.3 Å². The summed E-state index contributed by atoms with van der Waals surface area (Å²) in [7, 11) is -8.83. The number of benzene rings is 1. The van der Waals surface area contributed by atoms with E-state index in [0.717, 1.165) is 12.1 Å². The van der Waals surface area contributed by atoms with Crippen LogP contribution in [0.25, 0.3) is 0 Å². The summed E-state index contributed by atoms with van der Waals surface area (Å²) in [4.78, 5) is 34.9. The number of hydrogen-bond acceptors (Lipinski definition) is 4. The zero-order chi connectivity index (χ0) is 14.1. The van der Waals surface area contributed by atoms with Crippen LogP contribution in [0.4, 0.5) is 0 Å². The van der Waals surface area contributed by atoms with E-state index in [1.165, 1.54) is 0 Å². The van der Waals surface area contributed by atoms with Gasteiger partial charge in [-0.25, -0.2) is 0 Å². The minimum atomic E-state index is -4.42. The van der Waals surface area contributed by atoms with Crippen LogP contribution in [0.15, 0.2) is 12.1 Å². The summed E-state index contributed by atoms with van der Waals surface area (Å²) in [5, 5.41) is 18.9. The van der Waals surface area contributed by atoms with E-state index in [-0.39, 0.29) is 11.1 Å². The fourth-order valence-electron chi connectivity index (χ4n) is 1.36. The molecule has 1 rings (SSSR count). The highest BCUT2D eigenvalue weighted by molar-refractivity contribution is 7.51. The number of phenolic OH excluding ortho intramolecular Hbond substituents is 2. The highest BCUT2D eigenvalue weighted by Crippen LogP contribution is 2.46. The Morgan fingerprint density at radius 2 is 1.06 bits per heavy atom. The minimum absolute atomic E-state index is 0.199. The van der Waals surface area contributed by atoms with Crippen molar-refractivity contribution in [3.63, 3.8) is 0 Å². The van der Waals surface area contributed by atoms with Crippen molar-refractivity contribution in [2.24, 2.45) is 0 Å². The maximum atomic E-state index is 10.8. The van der Waals surface area contributed by atoms with Gasteiger partial charge in [0.25, 0.3) is 0 Å². The lowest BCUT2D eigenvalue weighted by Gasteiger charge is -2.11. The van der Waals surface area contributed by atoms with E-state index in [1.54, 1.807) is 0 Å². The smallest absolute Gasteiger partial charge is 0.330 e. The van der Waals surface area contributed by atoms with E-state index in [0.29, 0.717) is 0 Å². The predicted octanol–water partition coefficient (Wildman–Crippen LogP) is 0.453. The molecule has 0 aromatic heterocycles. The van der Waals surface area contributed by atoms with Crippen LogP contribution in [0.3, 0.4) is 0 Å². The van der Waals surface area contributed by atoms with Gasteiger partial charge in [-0.2, -0.15) is 0 Å². The first kappa shape index (κ1) is 15.2. The van der Waals surface area contributed by atoms with Crippen LogP contribution >= 0.6 is 15.2 Å². The molecule has 1 aromatic rings. The SMILES string of the molecule is O=P(O)(O)Cc1cc(O)c(CP(=O)(O)O)cc1O. The quantitative estimate of drug-likeness (QED) is 0.345. The van der Waals surface area contributed by atoms with Gasteiger partial charge >= 0.3 is 15.2 Å². The lowest BCUT2D eigenvalue weighted by atomic mass is 10.1. The molecule has 0 aliphatic carbocycles. The fraction of sp³-hybridized carbons (Fsp3) is 0.250. The topological polar surface area (TPSA) is 156 Å². The zero-order valence-corrected chi connectivity index (χ0v) is 10.8. The van der Waals surface area contributed by atoms with Crippen LogP contribution in [0.5, 0.6) is 11.5 Å². The van der Waals surface area contributed by atoms with Gasteiger partial charge in [-0.3, -0.25) is 9.13 Å². The van der Waals surface area contributed by atoms with E-state index in [1.807, 2.05) is 0 Å². The summed E-state index contributed by atoms with van der Waals surface area (Å²) in [6.07, 6.45) is -1.55. The van der Waals surface area contributed by atoms with Crippen LogP contribution in [0.1, 0.15) is 11.1 Å². The van der Waals surface area contributed by atoms with Gasteiger partial charge in [0.2, 0.25) is 0 Å². The van der Waals surface area contributed by atoms with Gasteiger partial charge < -0.3 is 29.8 Å². The Labute approximate surface area is 102 Å². The molecule has 10 heteroatoms. The van der Waals surface area contributed by atoms with Crippen molar-refractivity contribution in [3.8, 4) is 11.5 Å². The number of rotatable bonds is 4. The molecular weight excluding hydrogens is 286 g/mol. The molecule has 0 saturated heterocycles. The number of aromatic hydroxyl groups is 2. The molecule has 0 aliphatic rings. The van der Waals surface area contributed by atoms with E-state index >= 15 is 0 Å². The van der Waals surface area contributed by atoms with E-state index in [4.69, 9.17) is 19.6 Å². The van der Waals surface area contributed by atoms with Gasteiger partial charge in [0.15, 0.2) is 0 Å². The Hall–Kier alpha value is -0.880. The van der Waals surface area contributed by atoms with Gasteiger partial charge in [-0.05, 0) is 12.1 Å². The van der Waals surface area contributed by atoms with Crippen molar-refractivity contribution in [2.45, 2.75) is 12.3 Å². The van der Waals surface area contributed by atoms with Crippen LogP contribution in [0, 0.1) is 0 Å². The van der Waals surface area contributed by atoms with Gasteiger partial charge in [-0.15, -0.1) is 0 Å². The third-order valence-corrected chi connectivity index (χ3v) is 3.54. The molecular formula is C8H12O8P2. The first-order valence-corrected chi connectivity index (χ1v) is 8.20. The van der Waals surface area contributed by atoms with Gasteiger partial charge in [-0.1, -0.05) is 0 Å². The van der Waals surface area contributed by atoms with Crippen LogP contribution in [-0.2, 0) is 21.5 Å². The van der Waals surface area contributed by atoms with E-state index in [9.17, 15) is 19.3 Å². The summed E-state index contributed by atoms with van der Waals surface area (Å²) in [5.41, 5.74) is -0.398. The molecule has 8 nitrogen and oxygen atoms in total. The molecule has 0 atom stereocenters. The van der Waals surface area contributed by atoms with Crippen molar-refractivity contribution in [1.29, 1.82) is 0 Å². The number of hydrogen-bond donors (Lipinski definition) is 6. The van der Waals surface area contributed by atoms with Crippen molar-refractivity contribution in [1.82, 2.24) is 0 Å². The second kappa shape index (κ2) is 5.01. The molecule has 0 spiro atoms. The normalized spacial score (nSPS) is 12.7. The zero-order valence-electron chi connectivity index (χ0n) is 8.96. The predicted molar refractivity (Wildman–Crippen MR) is 61.3 cm³/mol. The highest BCUT2D eigenvalue weighted by atomic mass is 31.2. The second-order valence-electron chi connectivity index (χ2n) is 3.76. The standard InChI is InChI=1S/C8H12O8P2/c9-7-1-5(3-17(11,12)13)8(10)2-6(7)4-18(14,15)16/h1-2,9-10H,3-4H2,(H2,11,12,13)(H2,14,15,16). The molecule has 0 unspecified atom stereocenters. The molecule has 18 heavy (non-hydrogen) atoms. The average Bonchev–Trinajstić information content (AvgIpc) is 2.08. The summed E-state index contributed by atoms with van der Waals surface area (Å²) < 4.78 is 21.5. The molecule has 0 radical (unpaired) electrons. The average molecular weight is 298 g/mol. The third kappa shape index (κ3) is 4.78. The minimum Gasteiger partial charge on any atom is -0.508 e. The summed E-state index contributed by atoms with van der Waals surface area (Å²) >= 11 is 0. The Morgan fingerprint density at radius 3 is 1.28 bits per heavy atom. The van der Waals surface area contributed by atoms with Crippen molar-refractivity contribution < 1.29 is 38.9 Å². The molecule has 0 amide bonds. The summed E-state index contributed by atoms with van der Waals surface area (Å²) in [6.45, 7) is 0. The molecule has 0 saturated carbocycles. The fourth-order valence-corrected chi connectivity index (χ4v) is 2.75. The first-order chi connectivity index (χ1) is 7.98. The van der Waals surface area contributed by atoms with Gasteiger partial charge in [0.1, 0.15) is 11.5 Å². The van der Waals surface area contributed by atoms with Crippen molar-refractivity contribution in [3.05, 3.63) is 23.3 Å². The van der Waals surface area contributed by atoms with Crippen LogP contribution in [0.2, 0.25) is 0 Å². The van der Waals surface area contributed by atoms with Crippen molar-refractivity contribution in [2.75, 3.05) is 0 Å². The summed E-state index contributed by atoms with van der Waals surface area (Å²) in [6, 6.07) is 1.75. The monoisotopic (exact) mass is 298 g/mol. The Kier molecular flexibility index (Phi) is 4.23. The van der Waals surface area contributed by atoms with Gasteiger partial charge in [0, 0.05) is 11.1 Å². The number of phenols is 2.